The fourth-order valence-electron chi connectivity index (χ4n) is 1.29. The van der Waals surface area contributed by atoms with Crippen molar-refractivity contribution in [2.75, 3.05) is 0 Å². The first-order valence-electron chi connectivity index (χ1n) is 4.27. The van der Waals surface area contributed by atoms with Gasteiger partial charge in [0.2, 0.25) is 0 Å². The summed E-state index contributed by atoms with van der Waals surface area (Å²) in [7, 11) is 0. The number of rotatable bonds is 3. The van der Waals surface area contributed by atoms with Crippen molar-refractivity contribution in [2.24, 2.45) is 0 Å². The number of pyridine rings is 1. The van der Waals surface area contributed by atoms with Crippen molar-refractivity contribution in [3.8, 4) is 12.1 Å². The van der Waals surface area contributed by atoms with Crippen LogP contribution in [0.3, 0.4) is 0 Å². The lowest BCUT2D eigenvalue weighted by Gasteiger charge is -2.10. The van der Waals surface area contributed by atoms with Crippen molar-refractivity contribution < 1.29 is 8.78 Å². The molecule has 0 bridgehead atoms. The first kappa shape index (κ1) is 12.4. The number of hydrogen-bond donors (Lipinski definition) is 0. The summed E-state index contributed by atoms with van der Waals surface area (Å²) in [5.41, 5.74) is -0.180. The highest BCUT2D eigenvalue weighted by molar-refractivity contribution is 6.17. The molecule has 0 saturated heterocycles. The van der Waals surface area contributed by atoms with Gasteiger partial charge in [0.05, 0.1) is 24.1 Å². The molecule has 0 unspecified atom stereocenters. The molecule has 0 aliphatic carbocycles. The number of alkyl halides is 3. The van der Waals surface area contributed by atoms with Gasteiger partial charge >= 0.3 is 0 Å². The van der Waals surface area contributed by atoms with E-state index in [9.17, 15) is 8.78 Å². The van der Waals surface area contributed by atoms with Gasteiger partial charge in [-0.1, -0.05) is 0 Å². The highest BCUT2D eigenvalue weighted by atomic mass is 35.5. The van der Waals surface area contributed by atoms with Gasteiger partial charge in [0.25, 0.3) is 6.43 Å². The van der Waals surface area contributed by atoms with Crippen molar-refractivity contribution in [2.45, 2.75) is 18.7 Å². The number of hydrogen-bond acceptors (Lipinski definition) is 3. The zero-order chi connectivity index (χ0) is 12.1. The fourth-order valence-corrected chi connectivity index (χ4v) is 1.51. The van der Waals surface area contributed by atoms with Gasteiger partial charge in [-0.3, -0.25) is 0 Å². The van der Waals surface area contributed by atoms with Gasteiger partial charge in [-0.25, -0.2) is 13.8 Å². The van der Waals surface area contributed by atoms with Gasteiger partial charge < -0.3 is 0 Å². The second kappa shape index (κ2) is 5.39. The zero-order valence-electron chi connectivity index (χ0n) is 8.04. The van der Waals surface area contributed by atoms with E-state index >= 15 is 0 Å². The van der Waals surface area contributed by atoms with Crippen molar-refractivity contribution in [1.82, 2.24) is 4.98 Å². The average Bonchev–Trinajstić information content (AvgIpc) is 2.29. The molecule has 82 valence electrons. The van der Waals surface area contributed by atoms with Crippen molar-refractivity contribution in [1.29, 1.82) is 10.5 Å². The molecule has 6 heteroatoms. The van der Waals surface area contributed by atoms with Crippen LogP contribution in [0, 0.1) is 22.7 Å². The highest BCUT2D eigenvalue weighted by Crippen LogP contribution is 2.26. The lowest BCUT2D eigenvalue weighted by molar-refractivity contribution is 0.150. The Morgan fingerprint density at radius 2 is 2.12 bits per heavy atom. The Bertz CT molecular complexity index is 474. The lowest BCUT2D eigenvalue weighted by atomic mass is 10.0. The minimum atomic E-state index is -2.75. The van der Waals surface area contributed by atoms with E-state index in [1.54, 1.807) is 12.1 Å². The Balaban J connectivity index is 3.43. The third-order valence-electron chi connectivity index (χ3n) is 1.98. The molecule has 0 aliphatic rings. The molecule has 0 saturated carbocycles. The largest absolute Gasteiger partial charge is 0.264 e. The van der Waals surface area contributed by atoms with Crippen LogP contribution in [0.2, 0.25) is 0 Å². The molecule has 1 rings (SSSR count). The molecular weight excluding hydrogens is 236 g/mol. The Morgan fingerprint density at radius 3 is 2.56 bits per heavy atom. The Morgan fingerprint density at radius 1 is 1.44 bits per heavy atom. The van der Waals surface area contributed by atoms with Gasteiger partial charge in [0, 0.05) is 5.56 Å². The highest BCUT2D eigenvalue weighted by Gasteiger charge is 2.18. The maximum atomic E-state index is 12.7. The molecule has 0 N–H and O–H groups in total. The van der Waals surface area contributed by atoms with E-state index in [0.29, 0.717) is 0 Å². The van der Waals surface area contributed by atoms with E-state index in [-0.39, 0.29) is 34.8 Å². The molecule has 0 atom stereocenters. The minimum absolute atomic E-state index is 0.105. The van der Waals surface area contributed by atoms with Crippen LogP contribution >= 0.6 is 11.6 Å². The van der Waals surface area contributed by atoms with E-state index in [1.807, 2.05) is 0 Å². The molecule has 0 radical (unpaired) electrons. The van der Waals surface area contributed by atoms with Crippen molar-refractivity contribution in [3.05, 3.63) is 28.6 Å². The Kier molecular flexibility index (Phi) is 4.16. The van der Waals surface area contributed by atoms with Crippen molar-refractivity contribution >= 4 is 11.6 Å². The topological polar surface area (TPSA) is 60.5 Å². The maximum Gasteiger partial charge on any atom is 0.264 e. The van der Waals surface area contributed by atoms with E-state index in [1.165, 1.54) is 0 Å². The molecule has 1 heterocycles. The summed E-state index contributed by atoms with van der Waals surface area (Å²) >= 11 is 5.55. The van der Waals surface area contributed by atoms with E-state index < -0.39 is 6.43 Å². The van der Waals surface area contributed by atoms with Crippen LogP contribution in [-0.2, 0) is 12.3 Å². The predicted octanol–water partition coefficient (Wildman–Crippen LogP) is 2.70. The normalized spacial score (nSPS) is 9.88. The third-order valence-corrected chi connectivity index (χ3v) is 2.23. The van der Waals surface area contributed by atoms with Crippen LogP contribution in [0.1, 0.15) is 28.9 Å². The van der Waals surface area contributed by atoms with E-state index in [4.69, 9.17) is 22.1 Å². The van der Waals surface area contributed by atoms with Crippen LogP contribution < -0.4 is 0 Å². The smallest absolute Gasteiger partial charge is 0.241 e. The number of nitrogens with zero attached hydrogens (tertiary/aromatic N) is 3. The average molecular weight is 242 g/mol. The van der Waals surface area contributed by atoms with Crippen LogP contribution in [-0.4, -0.2) is 4.98 Å². The van der Waals surface area contributed by atoms with Crippen LogP contribution in [0.4, 0.5) is 8.78 Å². The van der Waals surface area contributed by atoms with Gasteiger partial charge in [-0.15, -0.1) is 11.6 Å². The molecule has 1 aromatic rings. The molecule has 1 aromatic heterocycles. The molecule has 16 heavy (non-hydrogen) atoms. The van der Waals surface area contributed by atoms with Gasteiger partial charge in [-0.05, 0) is 11.6 Å². The zero-order valence-corrected chi connectivity index (χ0v) is 8.80. The SMILES string of the molecule is N#CCc1c(C(F)F)cc(C#N)nc1CCl. The summed E-state index contributed by atoms with van der Waals surface area (Å²) in [6.45, 7) is 0. The summed E-state index contributed by atoms with van der Waals surface area (Å²) in [4.78, 5) is 3.79. The quantitative estimate of drug-likeness (QED) is 0.765. The van der Waals surface area contributed by atoms with Gasteiger partial charge in [-0.2, -0.15) is 10.5 Å². The van der Waals surface area contributed by atoms with Crippen LogP contribution in [0.15, 0.2) is 6.07 Å². The van der Waals surface area contributed by atoms with Gasteiger partial charge in [0.1, 0.15) is 11.8 Å². The molecule has 0 aromatic carbocycles. The summed E-state index contributed by atoms with van der Waals surface area (Å²) in [5, 5.41) is 17.2. The van der Waals surface area contributed by atoms with E-state index in [2.05, 4.69) is 4.98 Å². The lowest BCUT2D eigenvalue weighted by Crippen LogP contribution is -2.04. The molecular formula is C10H6ClF2N3. The number of aromatic nitrogens is 1. The molecule has 0 fully saturated rings. The number of halogens is 3. The summed E-state index contributed by atoms with van der Waals surface area (Å²) < 4.78 is 25.4. The standard InChI is InChI=1S/C10H6ClF2N3/c11-4-9-7(1-2-14)8(10(12)13)3-6(5-15)16-9/h3,10H,1,4H2. The maximum absolute atomic E-state index is 12.7. The minimum Gasteiger partial charge on any atom is -0.241 e. The first-order valence-corrected chi connectivity index (χ1v) is 4.81. The monoisotopic (exact) mass is 241 g/mol. The summed E-state index contributed by atoms with van der Waals surface area (Å²) in [6.07, 6.45) is -2.94. The van der Waals surface area contributed by atoms with Crippen LogP contribution in [0.5, 0.6) is 0 Å². The first-order chi connectivity index (χ1) is 7.63. The fraction of sp³-hybridized carbons (Fsp3) is 0.300. The second-order valence-corrected chi connectivity index (χ2v) is 3.17. The molecule has 0 amide bonds. The van der Waals surface area contributed by atoms with Crippen LogP contribution in [0.25, 0.3) is 0 Å². The Labute approximate surface area is 95.9 Å². The molecule has 3 nitrogen and oxygen atoms in total. The third kappa shape index (κ3) is 2.44. The van der Waals surface area contributed by atoms with E-state index in [0.717, 1.165) is 6.07 Å². The number of nitriles is 2. The van der Waals surface area contributed by atoms with Gasteiger partial charge in [0.15, 0.2) is 0 Å². The molecule has 0 aliphatic heterocycles. The Hall–Kier alpha value is -1.72. The predicted molar refractivity (Wildman–Crippen MR) is 52.8 cm³/mol. The van der Waals surface area contributed by atoms with Crippen molar-refractivity contribution in [3.63, 3.8) is 0 Å². The second-order valence-electron chi connectivity index (χ2n) is 2.90. The molecule has 0 spiro atoms. The summed E-state index contributed by atoms with van der Waals surface area (Å²) in [6, 6.07) is 4.45. The summed E-state index contributed by atoms with van der Waals surface area (Å²) in [5.74, 6) is -0.105.